The molecule has 2 fully saturated rings. The van der Waals surface area contributed by atoms with Crippen LogP contribution in [0, 0.1) is 20.2 Å². The highest BCUT2D eigenvalue weighted by atomic mass is 17.0. The lowest BCUT2D eigenvalue weighted by molar-refractivity contribution is -0.782. The largest absolute Gasteiger partial charge is 0.481 e. The Morgan fingerprint density at radius 2 is 2.05 bits per heavy atom. The number of nitrogens with zero attached hydrogens (tertiary/aromatic N) is 2. The summed E-state index contributed by atoms with van der Waals surface area (Å²) < 4.78 is 10.3. The Kier molecular flexibility index (Phi) is 3.59. The molecule has 0 bridgehead atoms. The molecule has 112 valence electrons. The number of carboxylic acids is 1. The van der Waals surface area contributed by atoms with Crippen LogP contribution in [0.15, 0.2) is 0 Å². The maximum atomic E-state index is 10.8. The maximum Gasteiger partial charge on any atom is 0.306 e. The summed E-state index contributed by atoms with van der Waals surface area (Å²) in [4.78, 5) is 40.4. The van der Waals surface area contributed by atoms with Crippen molar-refractivity contribution in [2.45, 2.75) is 30.3 Å². The lowest BCUT2D eigenvalue weighted by Crippen LogP contribution is -2.49. The Labute approximate surface area is 110 Å². The van der Waals surface area contributed by atoms with Gasteiger partial charge in [-0.1, -0.05) is 0 Å². The molecule has 0 aromatic carbocycles. The monoisotopic (exact) mass is 294 g/mol. The van der Waals surface area contributed by atoms with E-state index >= 15 is 0 Å². The van der Waals surface area contributed by atoms with E-state index in [1.807, 2.05) is 0 Å². The molecule has 12 nitrogen and oxygen atoms in total. The van der Waals surface area contributed by atoms with Crippen molar-refractivity contribution >= 4 is 5.97 Å². The van der Waals surface area contributed by atoms with E-state index in [9.17, 15) is 25.0 Å². The number of aliphatic carboxylic acids is 1. The molecule has 0 unspecified atom stereocenters. The zero-order valence-electron chi connectivity index (χ0n) is 9.87. The van der Waals surface area contributed by atoms with Gasteiger partial charge in [-0.2, -0.15) is 0 Å². The minimum atomic E-state index is -1.84. The first-order valence-corrected chi connectivity index (χ1v) is 5.44. The van der Waals surface area contributed by atoms with E-state index in [0.29, 0.717) is 0 Å². The predicted molar refractivity (Wildman–Crippen MR) is 54.4 cm³/mol. The number of hydrogen-bond acceptors (Lipinski definition) is 9. The van der Waals surface area contributed by atoms with Gasteiger partial charge in [-0.25, -0.2) is 0 Å². The van der Waals surface area contributed by atoms with Crippen molar-refractivity contribution in [3.8, 4) is 0 Å². The zero-order chi connectivity index (χ0) is 14.9. The summed E-state index contributed by atoms with van der Waals surface area (Å²) in [5.41, 5.74) is -1.84. The quantitative estimate of drug-likeness (QED) is 0.464. The Hall–Kier alpha value is -2.21. The van der Waals surface area contributed by atoms with E-state index in [1.165, 1.54) is 0 Å². The van der Waals surface area contributed by atoms with Crippen molar-refractivity contribution in [1.29, 1.82) is 0 Å². The smallest absolute Gasteiger partial charge is 0.306 e. The summed E-state index contributed by atoms with van der Waals surface area (Å²) in [5.74, 6) is -1.35. The van der Waals surface area contributed by atoms with Gasteiger partial charge in [0.2, 0.25) is 0 Å². The molecule has 20 heavy (non-hydrogen) atoms. The third-order valence-electron chi connectivity index (χ3n) is 3.07. The molecule has 0 radical (unpaired) electrons. The fourth-order valence-electron chi connectivity index (χ4n) is 2.42. The van der Waals surface area contributed by atoms with E-state index in [-0.39, 0.29) is 6.61 Å². The molecule has 0 saturated carbocycles. The van der Waals surface area contributed by atoms with E-state index in [0.717, 1.165) is 0 Å². The molecule has 2 saturated heterocycles. The first-order chi connectivity index (χ1) is 9.34. The van der Waals surface area contributed by atoms with Gasteiger partial charge in [-0.15, -0.1) is 20.2 Å². The minimum Gasteiger partial charge on any atom is -0.481 e. The van der Waals surface area contributed by atoms with Crippen LogP contribution in [0.5, 0.6) is 0 Å². The highest BCUT2D eigenvalue weighted by Gasteiger charge is 2.61. The molecule has 0 amide bonds. The van der Waals surface area contributed by atoms with E-state index < -0.39 is 53.1 Å². The van der Waals surface area contributed by atoms with Gasteiger partial charge in [0.05, 0.1) is 19.6 Å². The second-order valence-electron chi connectivity index (χ2n) is 4.35. The van der Waals surface area contributed by atoms with Crippen LogP contribution in [0.25, 0.3) is 0 Å². The number of ether oxygens (including phenoxy) is 2. The summed E-state index contributed by atoms with van der Waals surface area (Å²) in [7, 11) is 0. The Balaban J connectivity index is 2.18. The van der Waals surface area contributed by atoms with E-state index in [2.05, 4.69) is 9.68 Å². The van der Waals surface area contributed by atoms with Crippen LogP contribution in [0.4, 0.5) is 0 Å². The van der Waals surface area contributed by atoms with E-state index in [4.69, 9.17) is 14.6 Å². The molecule has 12 heteroatoms. The van der Waals surface area contributed by atoms with Gasteiger partial charge in [0.1, 0.15) is 12.2 Å². The first-order valence-electron chi connectivity index (χ1n) is 5.44. The molecule has 0 spiro atoms. The first kappa shape index (κ1) is 14.2. The molecule has 0 aromatic rings. The van der Waals surface area contributed by atoms with Crippen molar-refractivity contribution in [2.75, 3.05) is 13.2 Å². The van der Waals surface area contributed by atoms with Gasteiger partial charge >= 0.3 is 5.97 Å². The summed E-state index contributed by atoms with van der Waals surface area (Å²) >= 11 is 0. The summed E-state index contributed by atoms with van der Waals surface area (Å²) in [5, 5.41) is 27.5. The van der Waals surface area contributed by atoms with Crippen LogP contribution < -0.4 is 0 Å². The van der Waals surface area contributed by atoms with Crippen molar-refractivity contribution in [3.05, 3.63) is 20.2 Å². The molecule has 2 aliphatic rings. The number of hydrogen-bond donors (Lipinski definition) is 1. The SMILES string of the molecule is O=C(O)C[C@]1(O[N+](=O)[O-])CO[C@@H]2[C@@H](O[N+](=O)[O-])CO[C@@H]21. The van der Waals surface area contributed by atoms with Gasteiger partial charge in [-0.05, 0) is 0 Å². The molecular formula is C8H10N2O10. The number of fused-ring (bicyclic) bond motifs is 1. The topological polar surface area (TPSA) is 160 Å². The predicted octanol–water partition coefficient (Wildman–Crippen LogP) is -1.22. The fraction of sp³-hybridized carbons (Fsp3) is 0.875. The van der Waals surface area contributed by atoms with Gasteiger partial charge in [0.25, 0.3) is 10.2 Å². The third-order valence-corrected chi connectivity index (χ3v) is 3.07. The summed E-state index contributed by atoms with van der Waals surface area (Å²) in [6.07, 6.45) is -3.95. The fourth-order valence-corrected chi connectivity index (χ4v) is 2.42. The van der Waals surface area contributed by atoms with Crippen LogP contribution in [0.1, 0.15) is 6.42 Å². The van der Waals surface area contributed by atoms with Gasteiger partial charge in [-0.3, -0.25) is 4.79 Å². The molecule has 2 aliphatic heterocycles. The maximum absolute atomic E-state index is 10.8. The Morgan fingerprint density at radius 3 is 2.60 bits per heavy atom. The zero-order valence-corrected chi connectivity index (χ0v) is 9.87. The van der Waals surface area contributed by atoms with Gasteiger partial charge < -0.3 is 24.3 Å². The molecule has 4 atom stereocenters. The summed E-state index contributed by atoms with van der Waals surface area (Å²) in [6.45, 7) is -0.689. The van der Waals surface area contributed by atoms with Crippen LogP contribution >= 0.6 is 0 Å². The van der Waals surface area contributed by atoms with E-state index in [1.54, 1.807) is 0 Å². The highest BCUT2D eigenvalue weighted by Crippen LogP contribution is 2.40. The highest BCUT2D eigenvalue weighted by molar-refractivity contribution is 5.68. The van der Waals surface area contributed by atoms with Crippen molar-refractivity contribution in [2.24, 2.45) is 0 Å². The lowest BCUT2D eigenvalue weighted by atomic mass is 9.92. The minimum absolute atomic E-state index is 0.251. The van der Waals surface area contributed by atoms with Gasteiger partial charge in [0, 0.05) is 0 Å². The summed E-state index contributed by atoms with van der Waals surface area (Å²) in [6, 6.07) is 0. The molecule has 0 aromatic heterocycles. The van der Waals surface area contributed by atoms with Crippen LogP contribution in [0.2, 0.25) is 0 Å². The number of carboxylic acid groups (broad SMARTS) is 1. The Bertz CT molecular complexity index is 423. The molecule has 2 heterocycles. The molecule has 0 aliphatic carbocycles. The lowest BCUT2D eigenvalue weighted by Gasteiger charge is -2.28. The van der Waals surface area contributed by atoms with Crippen LogP contribution in [-0.2, 0) is 23.9 Å². The van der Waals surface area contributed by atoms with Crippen molar-refractivity contribution < 1.29 is 39.2 Å². The van der Waals surface area contributed by atoms with Crippen LogP contribution in [0.3, 0.4) is 0 Å². The average molecular weight is 294 g/mol. The van der Waals surface area contributed by atoms with Crippen molar-refractivity contribution in [1.82, 2.24) is 0 Å². The van der Waals surface area contributed by atoms with Crippen LogP contribution in [-0.4, -0.2) is 58.4 Å². The second kappa shape index (κ2) is 5.05. The average Bonchev–Trinajstić information content (AvgIpc) is 2.80. The normalized spacial score (nSPS) is 35.3. The third kappa shape index (κ3) is 2.55. The molecule has 1 N–H and O–H groups in total. The molecular weight excluding hydrogens is 284 g/mol. The number of carbonyl (C=O) groups is 1. The molecule has 2 rings (SSSR count). The standard InChI is InChI=1S/C8H10N2O10/c11-5(12)1-8(20-10(15)16)3-18-6-4(19-9(13)14)2-17-7(6)8/h4,6-7H,1-3H2,(H,11,12)/t4-,6+,7-,8-/m0/s1. The van der Waals surface area contributed by atoms with Crippen molar-refractivity contribution in [3.63, 3.8) is 0 Å². The second-order valence-corrected chi connectivity index (χ2v) is 4.35. The number of rotatable bonds is 6. The Morgan fingerprint density at radius 1 is 1.35 bits per heavy atom. The van der Waals surface area contributed by atoms with Gasteiger partial charge in [0.15, 0.2) is 11.7 Å².